The van der Waals surface area contributed by atoms with E-state index in [4.69, 9.17) is 4.74 Å². The number of methoxy groups -OCH3 is 1. The largest absolute Gasteiger partial charge is 0.497 e. The highest BCUT2D eigenvalue weighted by Gasteiger charge is 2.34. The van der Waals surface area contributed by atoms with Crippen molar-refractivity contribution in [3.05, 3.63) is 29.8 Å². The van der Waals surface area contributed by atoms with Crippen molar-refractivity contribution in [1.82, 2.24) is 10.2 Å². The first kappa shape index (κ1) is 12.0. The average Bonchev–Trinajstić information content (AvgIpc) is 2.89. The van der Waals surface area contributed by atoms with Crippen LogP contribution in [0.15, 0.2) is 24.3 Å². The summed E-state index contributed by atoms with van der Waals surface area (Å²) in [7, 11) is 1.72. The zero-order valence-corrected chi connectivity index (χ0v) is 11.1. The van der Waals surface area contributed by atoms with Crippen LogP contribution in [-0.4, -0.2) is 37.2 Å². The van der Waals surface area contributed by atoms with Crippen LogP contribution in [0.3, 0.4) is 0 Å². The second-order valence-electron chi connectivity index (χ2n) is 5.38. The molecule has 1 aliphatic carbocycles. The van der Waals surface area contributed by atoms with Crippen molar-refractivity contribution in [2.24, 2.45) is 0 Å². The molecular weight excluding hydrogens is 224 g/mol. The molecule has 0 unspecified atom stereocenters. The molecule has 18 heavy (non-hydrogen) atoms. The van der Waals surface area contributed by atoms with Gasteiger partial charge in [0.2, 0.25) is 0 Å². The number of benzene rings is 1. The van der Waals surface area contributed by atoms with E-state index in [-0.39, 0.29) is 0 Å². The summed E-state index contributed by atoms with van der Waals surface area (Å²) < 4.78 is 5.20. The summed E-state index contributed by atoms with van der Waals surface area (Å²) in [6.07, 6.45) is 4.08. The van der Waals surface area contributed by atoms with E-state index in [1.54, 1.807) is 7.11 Å². The van der Waals surface area contributed by atoms with Crippen molar-refractivity contribution in [3.63, 3.8) is 0 Å². The fourth-order valence-electron chi connectivity index (χ4n) is 3.34. The molecular formula is C15H22N2O. The third kappa shape index (κ3) is 2.38. The summed E-state index contributed by atoms with van der Waals surface area (Å²) in [5.41, 5.74) is 1.39. The standard InChI is InChI=1S/C15H22N2O/c1-18-13-7-5-12(6-8-13)11-17-10-9-16-14-3-2-4-15(14)17/h5-8,14-16H,2-4,9-11H2,1H3/t14-,15+/m1/s1. The molecule has 1 N–H and O–H groups in total. The molecule has 1 aliphatic heterocycles. The predicted octanol–water partition coefficient (Wildman–Crippen LogP) is 2.02. The quantitative estimate of drug-likeness (QED) is 0.883. The Bertz CT molecular complexity index is 390. The summed E-state index contributed by atoms with van der Waals surface area (Å²) in [6, 6.07) is 9.97. The molecule has 0 radical (unpaired) electrons. The molecule has 0 amide bonds. The molecule has 0 bridgehead atoms. The van der Waals surface area contributed by atoms with E-state index < -0.39 is 0 Å². The molecule has 3 rings (SSSR count). The first-order valence-electron chi connectivity index (χ1n) is 6.97. The average molecular weight is 246 g/mol. The van der Waals surface area contributed by atoms with Crippen LogP contribution in [0.2, 0.25) is 0 Å². The maximum atomic E-state index is 5.20. The van der Waals surface area contributed by atoms with Crippen LogP contribution in [0, 0.1) is 0 Å². The zero-order chi connectivity index (χ0) is 12.4. The highest BCUT2D eigenvalue weighted by molar-refractivity contribution is 5.27. The normalized spacial score (nSPS) is 28.1. The minimum atomic E-state index is 0.733. The van der Waals surface area contributed by atoms with E-state index in [9.17, 15) is 0 Å². The molecule has 3 nitrogen and oxygen atoms in total. The van der Waals surface area contributed by atoms with Crippen LogP contribution < -0.4 is 10.1 Å². The first-order chi connectivity index (χ1) is 8.86. The highest BCUT2D eigenvalue weighted by Crippen LogP contribution is 2.27. The Morgan fingerprint density at radius 2 is 2.11 bits per heavy atom. The fourth-order valence-corrected chi connectivity index (χ4v) is 3.34. The lowest BCUT2D eigenvalue weighted by Crippen LogP contribution is -2.54. The predicted molar refractivity (Wildman–Crippen MR) is 72.8 cm³/mol. The first-order valence-corrected chi connectivity index (χ1v) is 6.97. The van der Waals surface area contributed by atoms with Gasteiger partial charge >= 0.3 is 0 Å². The third-order valence-corrected chi connectivity index (χ3v) is 4.30. The van der Waals surface area contributed by atoms with Gasteiger partial charge in [-0.25, -0.2) is 0 Å². The van der Waals surface area contributed by atoms with Crippen molar-refractivity contribution < 1.29 is 4.74 Å². The topological polar surface area (TPSA) is 24.5 Å². The van der Waals surface area contributed by atoms with Crippen LogP contribution in [0.1, 0.15) is 24.8 Å². The maximum absolute atomic E-state index is 5.20. The smallest absolute Gasteiger partial charge is 0.118 e. The Morgan fingerprint density at radius 1 is 1.28 bits per heavy atom. The lowest BCUT2D eigenvalue weighted by Gasteiger charge is -2.38. The maximum Gasteiger partial charge on any atom is 0.118 e. The molecule has 2 aliphatic rings. The number of nitrogens with zero attached hydrogens (tertiary/aromatic N) is 1. The summed E-state index contributed by atoms with van der Waals surface area (Å²) in [6.45, 7) is 3.39. The van der Waals surface area contributed by atoms with E-state index in [2.05, 4.69) is 34.5 Å². The minimum Gasteiger partial charge on any atom is -0.497 e. The lowest BCUT2D eigenvalue weighted by molar-refractivity contribution is 0.129. The third-order valence-electron chi connectivity index (χ3n) is 4.30. The molecule has 1 heterocycles. The number of hydrogen-bond acceptors (Lipinski definition) is 3. The van der Waals surface area contributed by atoms with Gasteiger partial charge in [-0.15, -0.1) is 0 Å². The Balaban J connectivity index is 1.67. The van der Waals surface area contributed by atoms with Gasteiger partial charge in [0.15, 0.2) is 0 Å². The van der Waals surface area contributed by atoms with Crippen molar-refractivity contribution in [3.8, 4) is 5.75 Å². The Hall–Kier alpha value is -1.06. The van der Waals surface area contributed by atoms with Gasteiger partial charge in [-0.2, -0.15) is 0 Å². The SMILES string of the molecule is COc1ccc(CN2CCN[C@@H]3CCC[C@@H]32)cc1. The molecule has 3 heteroatoms. The number of ether oxygens (including phenoxy) is 1. The van der Waals surface area contributed by atoms with Gasteiger partial charge in [0, 0.05) is 31.7 Å². The molecule has 1 aromatic rings. The van der Waals surface area contributed by atoms with E-state index in [0.717, 1.165) is 30.9 Å². The van der Waals surface area contributed by atoms with Crippen LogP contribution in [0.25, 0.3) is 0 Å². The monoisotopic (exact) mass is 246 g/mol. The number of hydrogen-bond donors (Lipinski definition) is 1. The lowest BCUT2D eigenvalue weighted by atomic mass is 10.1. The molecule has 1 saturated heterocycles. The van der Waals surface area contributed by atoms with Gasteiger partial charge < -0.3 is 10.1 Å². The Morgan fingerprint density at radius 3 is 2.89 bits per heavy atom. The summed E-state index contributed by atoms with van der Waals surface area (Å²) in [4.78, 5) is 2.65. The van der Waals surface area contributed by atoms with Crippen molar-refractivity contribution in [1.29, 1.82) is 0 Å². The van der Waals surface area contributed by atoms with Crippen molar-refractivity contribution >= 4 is 0 Å². The molecule has 1 saturated carbocycles. The van der Waals surface area contributed by atoms with Crippen molar-refractivity contribution in [2.45, 2.75) is 37.9 Å². The molecule has 2 fully saturated rings. The molecule has 0 aromatic heterocycles. The number of rotatable bonds is 3. The molecule has 1 aromatic carbocycles. The van der Waals surface area contributed by atoms with Gasteiger partial charge in [0.05, 0.1) is 7.11 Å². The molecule has 98 valence electrons. The summed E-state index contributed by atoms with van der Waals surface area (Å²) in [5, 5.41) is 3.65. The van der Waals surface area contributed by atoms with E-state index in [0.29, 0.717) is 0 Å². The van der Waals surface area contributed by atoms with Crippen LogP contribution in [0.5, 0.6) is 5.75 Å². The summed E-state index contributed by atoms with van der Waals surface area (Å²) in [5.74, 6) is 0.942. The van der Waals surface area contributed by atoms with E-state index in [1.807, 2.05) is 0 Å². The van der Waals surface area contributed by atoms with Crippen LogP contribution in [-0.2, 0) is 6.54 Å². The fraction of sp³-hybridized carbons (Fsp3) is 0.600. The van der Waals surface area contributed by atoms with Gasteiger partial charge in [0.1, 0.15) is 5.75 Å². The van der Waals surface area contributed by atoms with Crippen LogP contribution >= 0.6 is 0 Å². The number of nitrogens with one attached hydrogen (secondary N) is 1. The second-order valence-corrected chi connectivity index (χ2v) is 5.38. The van der Waals surface area contributed by atoms with Gasteiger partial charge in [0.25, 0.3) is 0 Å². The van der Waals surface area contributed by atoms with Gasteiger partial charge in [-0.3, -0.25) is 4.90 Å². The number of fused-ring (bicyclic) bond motifs is 1. The summed E-state index contributed by atoms with van der Waals surface area (Å²) >= 11 is 0. The second kappa shape index (κ2) is 5.29. The Kier molecular flexibility index (Phi) is 3.52. The van der Waals surface area contributed by atoms with E-state index >= 15 is 0 Å². The van der Waals surface area contributed by atoms with E-state index in [1.165, 1.54) is 31.4 Å². The van der Waals surface area contributed by atoms with Gasteiger partial charge in [-0.05, 0) is 30.5 Å². The molecule has 2 atom stereocenters. The van der Waals surface area contributed by atoms with Crippen molar-refractivity contribution in [2.75, 3.05) is 20.2 Å². The van der Waals surface area contributed by atoms with Crippen LogP contribution in [0.4, 0.5) is 0 Å². The molecule has 0 spiro atoms. The zero-order valence-electron chi connectivity index (χ0n) is 11.1. The number of piperazine rings is 1. The Labute approximate surface area is 109 Å². The highest BCUT2D eigenvalue weighted by atomic mass is 16.5. The van der Waals surface area contributed by atoms with Gasteiger partial charge in [-0.1, -0.05) is 18.6 Å². The minimum absolute atomic E-state index is 0.733.